The number of benzene rings is 2. The van der Waals surface area contributed by atoms with Gasteiger partial charge in [0.05, 0.1) is 23.9 Å². The molecule has 2 N–H and O–H groups in total. The van der Waals surface area contributed by atoms with Crippen molar-refractivity contribution in [3.63, 3.8) is 0 Å². The summed E-state index contributed by atoms with van der Waals surface area (Å²) in [7, 11) is -1.68. The molecule has 2 aromatic carbocycles. The summed E-state index contributed by atoms with van der Waals surface area (Å²) in [6.45, 7) is 5.95. The number of hydrogen-bond acceptors (Lipinski definition) is 4. The Balaban J connectivity index is 0.00000480. The minimum atomic E-state index is -3.36. The van der Waals surface area contributed by atoms with Crippen molar-refractivity contribution in [1.82, 2.24) is 10.6 Å². The summed E-state index contributed by atoms with van der Waals surface area (Å²) in [6, 6.07) is 18.4. The second-order valence-electron chi connectivity index (χ2n) is 7.40. The number of rotatable bonds is 11. The Hall–Kier alpha value is -1.65. The molecule has 0 bridgehead atoms. The molecule has 0 fully saturated rings. The lowest BCUT2D eigenvalue weighted by atomic mass is 10.2. The van der Waals surface area contributed by atoms with Gasteiger partial charge >= 0.3 is 0 Å². The Labute approximate surface area is 203 Å². The minimum Gasteiger partial charge on any atom is -0.376 e. The molecule has 31 heavy (non-hydrogen) atoms. The molecular weight excluding hydrogens is 525 g/mol. The fourth-order valence-electron chi connectivity index (χ4n) is 2.92. The standard InChI is InChI=1S/C23H33N3O3S.HI/c1-4-21(18-30(27,28)22-13-9-6-10-14-22)26-23(24-3)25-15-19(2)16-29-17-20-11-7-5-8-12-20;/h5-14,19,21H,4,15-18H2,1-3H3,(H2,24,25,26);1H. The van der Waals surface area contributed by atoms with Gasteiger partial charge < -0.3 is 15.4 Å². The van der Waals surface area contributed by atoms with Gasteiger partial charge in [-0.1, -0.05) is 62.4 Å². The Kier molecular flexibility index (Phi) is 12.7. The lowest BCUT2D eigenvalue weighted by Gasteiger charge is -2.21. The van der Waals surface area contributed by atoms with E-state index in [0.717, 1.165) is 5.56 Å². The van der Waals surface area contributed by atoms with Gasteiger partial charge in [-0.25, -0.2) is 8.42 Å². The largest absolute Gasteiger partial charge is 0.376 e. The molecule has 0 saturated heterocycles. The van der Waals surface area contributed by atoms with Crippen molar-refractivity contribution >= 4 is 39.8 Å². The molecule has 172 valence electrons. The van der Waals surface area contributed by atoms with E-state index in [9.17, 15) is 8.42 Å². The fourth-order valence-corrected chi connectivity index (χ4v) is 4.53. The average molecular weight is 560 g/mol. The molecule has 6 nitrogen and oxygen atoms in total. The number of ether oxygens (including phenoxy) is 1. The molecule has 0 radical (unpaired) electrons. The second kappa shape index (κ2) is 14.4. The summed E-state index contributed by atoms with van der Waals surface area (Å²) in [5, 5.41) is 6.51. The summed E-state index contributed by atoms with van der Waals surface area (Å²) >= 11 is 0. The molecule has 2 atom stereocenters. The van der Waals surface area contributed by atoms with E-state index in [2.05, 4.69) is 22.5 Å². The number of sulfone groups is 1. The lowest BCUT2D eigenvalue weighted by Crippen LogP contribution is -2.47. The highest BCUT2D eigenvalue weighted by molar-refractivity contribution is 14.0. The number of guanidine groups is 1. The van der Waals surface area contributed by atoms with E-state index in [-0.39, 0.29) is 41.7 Å². The minimum absolute atomic E-state index is 0. The van der Waals surface area contributed by atoms with Crippen LogP contribution in [0.2, 0.25) is 0 Å². The highest BCUT2D eigenvalue weighted by atomic mass is 127. The first-order valence-electron chi connectivity index (χ1n) is 10.3. The predicted octanol–water partition coefficient (Wildman–Crippen LogP) is 3.87. The molecule has 0 aromatic heterocycles. The van der Waals surface area contributed by atoms with Crippen LogP contribution in [0, 0.1) is 5.92 Å². The van der Waals surface area contributed by atoms with Crippen LogP contribution >= 0.6 is 24.0 Å². The van der Waals surface area contributed by atoms with Crippen molar-refractivity contribution in [2.45, 2.75) is 37.8 Å². The van der Waals surface area contributed by atoms with Gasteiger partial charge in [0.2, 0.25) is 0 Å². The van der Waals surface area contributed by atoms with E-state index >= 15 is 0 Å². The van der Waals surface area contributed by atoms with Crippen LogP contribution in [0.1, 0.15) is 25.8 Å². The van der Waals surface area contributed by atoms with Crippen LogP contribution < -0.4 is 10.6 Å². The normalized spacial score (nSPS) is 13.7. The zero-order valence-corrected chi connectivity index (χ0v) is 21.6. The maximum absolute atomic E-state index is 12.7. The van der Waals surface area contributed by atoms with E-state index in [1.54, 1.807) is 31.3 Å². The Bertz CT molecular complexity index is 877. The monoisotopic (exact) mass is 559 g/mol. The molecule has 2 aromatic rings. The summed E-state index contributed by atoms with van der Waals surface area (Å²) in [6.07, 6.45) is 0.669. The Morgan fingerprint density at radius 2 is 1.68 bits per heavy atom. The molecule has 2 rings (SSSR count). The van der Waals surface area contributed by atoms with Gasteiger partial charge in [-0.05, 0) is 30.0 Å². The molecule has 0 aliphatic rings. The lowest BCUT2D eigenvalue weighted by molar-refractivity contribution is 0.0931. The molecule has 0 aliphatic heterocycles. The van der Waals surface area contributed by atoms with Gasteiger partial charge in [-0.2, -0.15) is 0 Å². The van der Waals surface area contributed by atoms with Crippen molar-refractivity contribution in [3.05, 3.63) is 66.2 Å². The van der Waals surface area contributed by atoms with Gasteiger partial charge in [0.1, 0.15) is 0 Å². The van der Waals surface area contributed by atoms with Crippen molar-refractivity contribution in [3.8, 4) is 0 Å². The van der Waals surface area contributed by atoms with Crippen LogP contribution in [0.25, 0.3) is 0 Å². The molecule has 0 aliphatic carbocycles. The third-order valence-corrected chi connectivity index (χ3v) is 6.54. The maximum Gasteiger partial charge on any atom is 0.191 e. The third kappa shape index (κ3) is 10.0. The van der Waals surface area contributed by atoms with Crippen LogP contribution in [-0.4, -0.2) is 46.4 Å². The highest BCUT2D eigenvalue weighted by Gasteiger charge is 2.21. The van der Waals surface area contributed by atoms with Crippen molar-refractivity contribution in [2.75, 3.05) is 26.0 Å². The maximum atomic E-state index is 12.7. The van der Waals surface area contributed by atoms with Gasteiger partial charge in [-0.15, -0.1) is 24.0 Å². The number of hydrogen-bond donors (Lipinski definition) is 2. The van der Waals surface area contributed by atoms with E-state index in [1.165, 1.54) is 0 Å². The van der Waals surface area contributed by atoms with Crippen LogP contribution in [0.4, 0.5) is 0 Å². The van der Waals surface area contributed by atoms with Gasteiger partial charge in [0, 0.05) is 19.6 Å². The first-order chi connectivity index (χ1) is 14.4. The smallest absolute Gasteiger partial charge is 0.191 e. The predicted molar refractivity (Wildman–Crippen MR) is 138 cm³/mol. The summed E-state index contributed by atoms with van der Waals surface area (Å²) in [4.78, 5) is 4.58. The summed E-state index contributed by atoms with van der Waals surface area (Å²) in [5.41, 5.74) is 1.15. The first kappa shape index (κ1) is 27.4. The zero-order valence-electron chi connectivity index (χ0n) is 18.5. The summed E-state index contributed by atoms with van der Waals surface area (Å²) < 4.78 is 31.1. The van der Waals surface area contributed by atoms with Crippen LogP contribution in [-0.2, 0) is 21.2 Å². The van der Waals surface area contributed by atoms with Crippen LogP contribution in [0.15, 0.2) is 70.6 Å². The summed E-state index contributed by atoms with van der Waals surface area (Å²) in [5.74, 6) is 0.893. The fraction of sp³-hybridized carbons (Fsp3) is 0.435. The molecule has 8 heteroatoms. The molecule has 0 spiro atoms. The van der Waals surface area contributed by atoms with Crippen LogP contribution in [0.5, 0.6) is 0 Å². The van der Waals surface area contributed by atoms with Gasteiger partial charge in [0.15, 0.2) is 15.8 Å². The number of aliphatic imine (C=N–C) groups is 1. The van der Waals surface area contributed by atoms with Crippen molar-refractivity contribution < 1.29 is 13.2 Å². The van der Waals surface area contributed by atoms with E-state index in [0.29, 0.717) is 37.0 Å². The van der Waals surface area contributed by atoms with Gasteiger partial charge in [-0.3, -0.25) is 4.99 Å². The van der Waals surface area contributed by atoms with E-state index in [4.69, 9.17) is 4.74 Å². The molecule has 0 amide bonds. The first-order valence-corrected chi connectivity index (χ1v) is 12.0. The number of nitrogens with zero attached hydrogens (tertiary/aromatic N) is 1. The molecule has 2 unspecified atom stereocenters. The molecular formula is C23H34IN3O3S. The Morgan fingerprint density at radius 1 is 1.06 bits per heavy atom. The number of nitrogens with one attached hydrogen (secondary N) is 2. The third-order valence-electron chi connectivity index (χ3n) is 4.71. The highest BCUT2D eigenvalue weighted by Crippen LogP contribution is 2.12. The van der Waals surface area contributed by atoms with Gasteiger partial charge in [0.25, 0.3) is 0 Å². The zero-order chi connectivity index (χ0) is 21.8. The second-order valence-corrected chi connectivity index (χ2v) is 9.44. The average Bonchev–Trinajstić information content (AvgIpc) is 2.77. The van der Waals surface area contributed by atoms with Crippen LogP contribution in [0.3, 0.4) is 0 Å². The Morgan fingerprint density at radius 3 is 2.26 bits per heavy atom. The SMILES string of the molecule is CCC(CS(=O)(=O)c1ccccc1)NC(=NC)NCC(C)COCc1ccccc1.I. The number of halogens is 1. The molecule has 0 heterocycles. The van der Waals surface area contributed by atoms with E-state index < -0.39 is 9.84 Å². The quantitative estimate of drug-likeness (QED) is 0.248. The van der Waals surface area contributed by atoms with Crippen molar-refractivity contribution in [2.24, 2.45) is 10.9 Å². The topological polar surface area (TPSA) is 79.8 Å². The molecule has 0 saturated carbocycles. The van der Waals surface area contributed by atoms with Crippen molar-refractivity contribution in [1.29, 1.82) is 0 Å². The van der Waals surface area contributed by atoms with E-state index in [1.807, 2.05) is 43.3 Å².